The molecule has 3 rings (SSSR count). The summed E-state index contributed by atoms with van der Waals surface area (Å²) in [7, 11) is 1.86. The molecule has 0 radical (unpaired) electrons. The molecule has 1 unspecified atom stereocenters. The van der Waals surface area contributed by atoms with Crippen molar-refractivity contribution in [1.29, 1.82) is 0 Å². The van der Waals surface area contributed by atoms with Crippen LogP contribution in [-0.4, -0.2) is 32.7 Å². The first-order valence-corrected chi connectivity index (χ1v) is 9.31. The van der Waals surface area contributed by atoms with Crippen LogP contribution in [0.1, 0.15) is 16.7 Å². The van der Waals surface area contributed by atoms with Gasteiger partial charge in [-0.15, -0.1) is 11.3 Å². The smallest absolute Gasteiger partial charge is 0.231 e. The topological polar surface area (TPSA) is 50.8 Å². The van der Waals surface area contributed by atoms with Gasteiger partial charge in [0.2, 0.25) is 5.91 Å². The van der Waals surface area contributed by atoms with Gasteiger partial charge in [0.05, 0.1) is 6.54 Å². The van der Waals surface area contributed by atoms with Crippen molar-refractivity contribution in [2.45, 2.75) is 20.4 Å². The molecule has 25 heavy (non-hydrogen) atoms. The maximum Gasteiger partial charge on any atom is 0.231 e. The third kappa shape index (κ3) is 4.14. The molecular formula is C19H24N2O3S. The molecule has 1 aromatic carbocycles. The van der Waals surface area contributed by atoms with Gasteiger partial charge in [0.25, 0.3) is 0 Å². The zero-order valence-electron chi connectivity index (χ0n) is 14.9. The van der Waals surface area contributed by atoms with Crippen molar-refractivity contribution in [3.8, 4) is 11.5 Å². The normalized spacial score (nSPS) is 14.2. The van der Waals surface area contributed by atoms with Crippen LogP contribution < -0.4 is 19.7 Å². The minimum atomic E-state index is -0.112. The fourth-order valence-electron chi connectivity index (χ4n) is 2.88. The number of nitrogens with zero attached hydrogens (tertiary/aromatic N) is 1. The molecule has 1 amide bonds. The Hall–Kier alpha value is -2.05. The standard InChI is InChI=1S/C19H24N2O3S/c1-13(11-20-3)19(22)21(12-16-6-4-14(2)25-16)15-5-7-17-18(10-15)24-9-8-23-17/h4-7,10,13,20H,8-9,11-12H2,1-3H3. The summed E-state index contributed by atoms with van der Waals surface area (Å²) in [5.41, 5.74) is 0.836. The van der Waals surface area contributed by atoms with Crippen molar-refractivity contribution in [2.24, 2.45) is 5.92 Å². The van der Waals surface area contributed by atoms with E-state index in [4.69, 9.17) is 9.47 Å². The highest BCUT2D eigenvalue weighted by Crippen LogP contribution is 2.35. The Morgan fingerprint density at radius 2 is 2.00 bits per heavy atom. The Labute approximate surface area is 152 Å². The molecular weight excluding hydrogens is 336 g/mol. The van der Waals surface area contributed by atoms with E-state index in [1.807, 2.05) is 37.1 Å². The molecule has 2 aromatic rings. The Kier molecular flexibility index (Phi) is 5.60. The molecule has 5 nitrogen and oxygen atoms in total. The number of hydrogen-bond donors (Lipinski definition) is 1. The lowest BCUT2D eigenvalue weighted by Gasteiger charge is -2.27. The summed E-state index contributed by atoms with van der Waals surface area (Å²) in [4.78, 5) is 17.3. The van der Waals surface area contributed by atoms with Crippen LogP contribution in [-0.2, 0) is 11.3 Å². The zero-order valence-corrected chi connectivity index (χ0v) is 15.7. The molecule has 0 aliphatic carbocycles. The van der Waals surface area contributed by atoms with Crippen LogP contribution in [0.15, 0.2) is 30.3 Å². The number of nitrogens with one attached hydrogen (secondary N) is 1. The summed E-state index contributed by atoms with van der Waals surface area (Å²) in [6.45, 7) is 6.32. The second-order valence-corrected chi connectivity index (χ2v) is 7.60. The number of aryl methyl sites for hydroxylation is 1. The maximum atomic E-state index is 13.0. The lowest BCUT2D eigenvalue weighted by Crippen LogP contribution is -2.38. The number of rotatable bonds is 6. The third-order valence-electron chi connectivity index (χ3n) is 4.15. The first-order chi connectivity index (χ1) is 12.1. The fourth-order valence-corrected chi connectivity index (χ4v) is 3.76. The van der Waals surface area contributed by atoms with Crippen molar-refractivity contribution >= 4 is 22.9 Å². The Morgan fingerprint density at radius 1 is 1.24 bits per heavy atom. The Bertz CT molecular complexity index is 744. The molecule has 0 fully saturated rings. The molecule has 0 saturated carbocycles. The predicted octanol–water partition coefficient (Wildman–Crippen LogP) is 3.22. The average Bonchev–Trinajstić information content (AvgIpc) is 3.04. The van der Waals surface area contributed by atoms with Crippen LogP contribution in [0.2, 0.25) is 0 Å². The molecule has 134 valence electrons. The lowest BCUT2D eigenvalue weighted by atomic mass is 10.1. The van der Waals surface area contributed by atoms with E-state index in [2.05, 4.69) is 24.4 Å². The summed E-state index contributed by atoms with van der Waals surface area (Å²) in [6.07, 6.45) is 0. The SMILES string of the molecule is CNCC(C)C(=O)N(Cc1ccc(C)s1)c1ccc2c(c1)OCCO2. The predicted molar refractivity (Wildman–Crippen MR) is 101 cm³/mol. The first kappa shape index (κ1) is 17.8. The van der Waals surface area contributed by atoms with Crippen molar-refractivity contribution in [1.82, 2.24) is 5.32 Å². The van der Waals surface area contributed by atoms with Gasteiger partial charge in [0, 0.05) is 34.0 Å². The zero-order chi connectivity index (χ0) is 17.8. The average molecular weight is 360 g/mol. The number of carbonyl (C=O) groups is 1. The molecule has 1 aromatic heterocycles. The van der Waals surface area contributed by atoms with E-state index in [-0.39, 0.29) is 11.8 Å². The van der Waals surface area contributed by atoms with E-state index < -0.39 is 0 Å². The molecule has 1 N–H and O–H groups in total. The van der Waals surface area contributed by atoms with Crippen LogP contribution in [0, 0.1) is 12.8 Å². The largest absolute Gasteiger partial charge is 0.486 e. The van der Waals surface area contributed by atoms with Crippen LogP contribution in [0.25, 0.3) is 0 Å². The van der Waals surface area contributed by atoms with E-state index >= 15 is 0 Å². The second-order valence-electron chi connectivity index (χ2n) is 6.22. The molecule has 1 atom stereocenters. The molecule has 1 aliphatic heterocycles. The van der Waals surface area contributed by atoms with Crippen LogP contribution in [0.5, 0.6) is 11.5 Å². The molecule has 0 bridgehead atoms. The molecule has 2 heterocycles. The van der Waals surface area contributed by atoms with Crippen molar-refractivity contribution in [3.05, 3.63) is 40.1 Å². The molecule has 0 saturated heterocycles. The molecule has 0 spiro atoms. The van der Waals surface area contributed by atoms with Gasteiger partial charge in [-0.1, -0.05) is 6.92 Å². The summed E-state index contributed by atoms with van der Waals surface area (Å²) >= 11 is 1.72. The van der Waals surface area contributed by atoms with Crippen LogP contribution in [0.4, 0.5) is 5.69 Å². The van der Waals surface area contributed by atoms with Gasteiger partial charge in [-0.2, -0.15) is 0 Å². The quantitative estimate of drug-likeness (QED) is 0.859. The van der Waals surface area contributed by atoms with E-state index in [9.17, 15) is 4.79 Å². The number of fused-ring (bicyclic) bond motifs is 1. The van der Waals surface area contributed by atoms with Gasteiger partial charge in [-0.25, -0.2) is 0 Å². The summed E-state index contributed by atoms with van der Waals surface area (Å²) in [5.74, 6) is 1.42. The maximum absolute atomic E-state index is 13.0. The van der Waals surface area contributed by atoms with Crippen molar-refractivity contribution < 1.29 is 14.3 Å². The van der Waals surface area contributed by atoms with Gasteiger partial charge in [-0.3, -0.25) is 4.79 Å². The van der Waals surface area contributed by atoms with Crippen molar-refractivity contribution in [2.75, 3.05) is 31.7 Å². The van der Waals surface area contributed by atoms with Crippen LogP contribution >= 0.6 is 11.3 Å². The number of amides is 1. The summed E-state index contributed by atoms with van der Waals surface area (Å²) < 4.78 is 11.3. The highest BCUT2D eigenvalue weighted by molar-refractivity contribution is 7.11. The van der Waals surface area contributed by atoms with Gasteiger partial charge in [0.1, 0.15) is 13.2 Å². The monoisotopic (exact) mass is 360 g/mol. The van der Waals surface area contributed by atoms with Crippen LogP contribution in [0.3, 0.4) is 0 Å². The minimum absolute atomic E-state index is 0.0945. The van der Waals surface area contributed by atoms with Gasteiger partial charge >= 0.3 is 0 Å². The number of thiophene rings is 1. The molecule has 6 heteroatoms. The lowest BCUT2D eigenvalue weighted by molar-refractivity contribution is -0.121. The Balaban J connectivity index is 1.90. The number of benzene rings is 1. The minimum Gasteiger partial charge on any atom is -0.486 e. The van der Waals surface area contributed by atoms with E-state index in [0.29, 0.717) is 32.1 Å². The fraction of sp³-hybridized carbons (Fsp3) is 0.421. The third-order valence-corrected chi connectivity index (χ3v) is 5.13. The molecule has 1 aliphatic rings. The van der Waals surface area contributed by atoms with E-state index in [0.717, 1.165) is 16.3 Å². The Morgan fingerprint density at radius 3 is 2.68 bits per heavy atom. The second kappa shape index (κ2) is 7.89. The summed E-state index contributed by atoms with van der Waals surface area (Å²) in [6, 6.07) is 9.88. The first-order valence-electron chi connectivity index (χ1n) is 8.49. The highest BCUT2D eigenvalue weighted by atomic mass is 32.1. The highest BCUT2D eigenvalue weighted by Gasteiger charge is 2.24. The number of carbonyl (C=O) groups excluding carboxylic acids is 1. The number of anilines is 1. The van der Waals surface area contributed by atoms with Gasteiger partial charge < -0.3 is 19.7 Å². The number of ether oxygens (including phenoxy) is 2. The summed E-state index contributed by atoms with van der Waals surface area (Å²) in [5, 5.41) is 3.08. The van der Waals surface area contributed by atoms with E-state index in [1.54, 1.807) is 11.3 Å². The van der Waals surface area contributed by atoms with E-state index in [1.165, 1.54) is 4.88 Å². The van der Waals surface area contributed by atoms with Gasteiger partial charge in [0.15, 0.2) is 11.5 Å². The number of hydrogen-bond acceptors (Lipinski definition) is 5. The van der Waals surface area contributed by atoms with Crippen molar-refractivity contribution in [3.63, 3.8) is 0 Å². The van der Waals surface area contributed by atoms with Gasteiger partial charge in [-0.05, 0) is 38.2 Å².